The second-order valence-electron chi connectivity index (χ2n) is 4.65. The van der Waals surface area contributed by atoms with Crippen LogP contribution in [0.25, 0.3) is 11.0 Å². The van der Waals surface area contributed by atoms with Gasteiger partial charge in [-0.3, -0.25) is 0 Å². The molecule has 2 aromatic carbocycles. The van der Waals surface area contributed by atoms with Gasteiger partial charge in [0.1, 0.15) is 5.75 Å². The van der Waals surface area contributed by atoms with E-state index in [-0.39, 0.29) is 0 Å². The minimum atomic E-state index is 0.645. The van der Waals surface area contributed by atoms with Crippen LogP contribution in [0.2, 0.25) is 0 Å². The van der Waals surface area contributed by atoms with Gasteiger partial charge in [0.25, 0.3) is 0 Å². The Balaban J connectivity index is 1.79. The van der Waals surface area contributed by atoms with E-state index in [1.54, 1.807) is 11.8 Å². The predicted molar refractivity (Wildman–Crippen MR) is 87.7 cm³/mol. The fourth-order valence-electron chi connectivity index (χ4n) is 2.15. The number of ether oxygens (including phenoxy) is 1. The van der Waals surface area contributed by atoms with Crippen molar-refractivity contribution in [1.29, 1.82) is 0 Å². The van der Waals surface area contributed by atoms with Crippen LogP contribution in [0.4, 0.5) is 5.69 Å². The SMILES string of the molecule is CCOc1ccc(N)cc1CSc1nc2ccccc2[nH]1. The molecular formula is C16H17N3OS. The molecule has 0 atom stereocenters. The molecule has 21 heavy (non-hydrogen) atoms. The Morgan fingerprint density at radius 1 is 1.24 bits per heavy atom. The number of H-pyrrole nitrogens is 1. The standard InChI is InChI=1S/C16H17N3OS/c1-2-20-15-8-7-12(17)9-11(15)10-21-16-18-13-5-3-4-6-14(13)19-16/h3-9H,2,10,17H2,1H3,(H,18,19). The number of para-hydroxylation sites is 2. The molecule has 3 aromatic rings. The summed E-state index contributed by atoms with van der Waals surface area (Å²) >= 11 is 1.65. The molecule has 0 spiro atoms. The highest BCUT2D eigenvalue weighted by atomic mass is 32.2. The second kappa shape index (κ2) is 6.10. The van der Waals surface area contributed by atoms with Crippen LogP contribution in [0.3, 0.4) is 0 Å². The van der Waals surface area contributed by atoms with Gasteiger partial charge in [0, 0.05) is 17.0 Å². The number of aromatic nitrogens is 2. The molecule has 1 aromatic heterocycles. The number of nitrogen functional groups attached to an aromatic ring is 1. The van der Waals surface area contributed by atoms with E-state index in [0.717, 1.165) is 38.9 Å². The predicted octanol–water partition coefficient (Wildman–Crippen LogP) is 3.84. The number of thioether (sulfide) groups is 1. The van der Waals surface area contributed by atoms with Gasteiger partial charge < -0.3 is 15.5 Å². The molecule has 108 valence electrons. The van der Waals surface area contributed by atoms with Crippen molar-refractivity contribution in [2.24, 2.45) is 0 Å². The molecule has 0 fully saturated rings. The van der Waals surface area contributed by atoms with Gasteiger partial charge in [0.05, 0.1) is 17.6 Å². The zero-order valence-electron chi connectivity index (χ0n) is 11.8. The monoisotopic (exact) mass is 299 g/mol. The van der Waals surface area contributed by atoms with E-state index in [0.29, 0.717) is 6.61 Å². The zero-order chi connectivity index (χ0) is 14.7. The molecule has 1 heterocycles. The van der Waals surface area contributed by atoms with Crippen LogP contribution in [-0.4, -0.2) is 16.6 Å². The lowest BCUT2D eigenvalue weighted by molar-refractivity contribution is 0.337. The molecule has 0 saturated carbocycles. The quantitative estimate of drug-likeness (QED) is 0.555. The highest BCUT2D eigenvalue weighted by Gasteiger charge is 2.07. The molecule has 3 N–H and O–H groups in total. The first-order chi connectivity index (χ1) is 10.3. The van der Waals surface area contributed by atoms with Crippen LogP contribution in [0.1, 0.15) is 12.5 Å². The molecule has 0 aliphatic carbocycles. The van der Waals surface area contributed by atoms with Crippen molar-refractivity contribution in [1.82, 2.24) is 9.97 Å². The minimum absolute atomic E-state index is 0.645. The molecule has 0 amide bonds. The molecule has 0 aliphatic rings. The van der Waals surface area contributed by atoms with Gasteiger partial charge in [0.15, 0.2) is 5.16 Å². The fourth-order valence-corrected chi connectivity index (χ4v) is 3.02. The van der Waals surface area contributed by atoms with E-state index in [9.17, 15) is 0 Å². The summed E-state index contributed by atoms with van der Waals surface area (Å²) in [6, 6.07) is 13.8. The Labute approximate surface area is 127 Å². The average Bonchev–Trinajstić information content (AvgIpc) is 2.90. The topological polar surface area (TPSA) is 63.9 Å². The van der Waals surface area contributed by atoms with E-state index in [4.69, 9.17) is 10.5 Å². The summed E-state index contributed by atoms with van der Waals surface area (Å²) in [5, 5.41) is 0.904. The summed E-state index contributed by atoms with van der Waals surface area (Å²) in [7, 11) is 0. The van der Waals surface area contributed by atoms with Gasteiger partial charge in [-0.15, -0.1) is 0 Å². The number of aromatic amines is 1. The van der Waals surface area contributed by atoms with Crippen molar-refractivity contribution < 1.29 is 4.74 Å². The highest BCUT2D eigenvalue weighted by Crippen LogP contribution is 2.29. The van der Waals surface area contributed by atoms with Crippen LogP contribution in [-0.2, 0) is 5.75 Å². The van der Waals surface area contributed by atoms with Gasteiger partial charge in [-0.1, -0.05) is 23.9 Å². The molecule has 0 aliphatic heterocycles. The number of hydrogen-bond acceptors (Lipinski definition) is 4. The van der Waals surface area contributed by atoms with Crippen LogP contribution >= 0.6 is 11.8 Å². The van der Waals surface area contributed by atoms with Crippen molar-refractivity contribution in [2.75, 3.05) is 12.3 Å². The maximum atomic E-state index is 5.87. The summed E-state index contributed by atoms with van der Waals surface area (Å²) in [5.74, 6) is 1.65. The third-order valence-electron chi connectivity index (χ3n) is 3.12. The molecule has 0 unspecified atom stereocenters. The van der Waals surface area contributed by atoms with Crippen molar-refractivity contribution >= 4 is 28.5 Å². The van der Waals surface area contributed by atoms with Crippen LogP contribution in [0.15, 0.2) is 47.6 Å². The first-order valence-electron chi connectivity index (χ1n) is 6.85. The smallest absolute Gasteiger partial charge is 0.166 e. The van der Waals surface area contributed by atoms with Crippen molar-refractivity contribution in [3.8, 4) is 5.75 Å². The number of nitrogens with two attached hydrogens (primary N) is 1. The van der Waals surface area contributed by atoms with Gasteiger partial charge >= 0.3 is 0 Å². The number of nitrogens with one attached hydrogen (secondary N) is 1. The number of rotatable bonds is 5. The number of imidazole rings is 1. The third kappa shape index (κ3) is 3.13. The largest absolute Gasteiger partial charge is 0.494 e. The fraction of sp³-hybridized carbons (Fsp3) is 0.188. The van der Waals surface area contributed by atoms with Gasteiger partial charge in [0.2, 0.25) is 0 Å². The van der Waals surface area contributed by atoms with Crippen LogP contribution in [0.5, 0.6) is 5.75 Å². The number of nitrogens with zero attached hydrogens (tertiary/aromatic N) is 1. The molecular weight excluding hydrogens is 282 g/mol. The van der Waals surface area contributed by atoms with Crippen molar-refractivity contribution in [3.05, 3.63) is 48.0 Å². The Morgan fingerprint density at radius 2 is 2.10 bits per heavy atom. The molecule has 0 radical (unpaired) electrons. The lowest BCUT2D eigenvalue weighted by Gasteiger charge is -2.10. The normalized spacial score (nSPS) is 10.9. The molecule has 3 rings (SSSR count). The number of fused-ring (bicyclic) bond motifs is 1. The molecule has 4 nitrogen and oxygen atoms in total. The second-order valence-corrected chi connectivity index (χ2v) is 5.61. The van der Waals surface area contributed by atoms with E-state index < -0.39 is 0 Å². The minimum Gasteiger partial charge on any atom is -0.494 e. The number of anilines is 1. The summed E-state index contributed by atoms with van der Waals surface area (Å²) in [4.78, 5) is 7.87. The van der Waals surface area contributed by atoms with Gasteiger partial charge in [-0.25, -0.2) is 4.98 Å². The van der Waals surface area contributed by atoms with Crippen molar-refractivity contribution in [2.45, 2.75) is 17.8 Å². The summed E-state index contributed by atoms with van der Waals surface area (Å²) in [6.07, 6.45) is 0. The van der Waals surface area contributed by atoms with Crippen LogP contribution in [0, 0.1) is 0 Å². The van der Waals surface area contributed by atoms with Gasteiger partial charge in [-0.2, -0.15) is 0 Å². The van der Waals surface area contributed by atoms with E-state index >= 15 is 0 Å². The summed E-state index contributed by atoms with van der Waals surface area (Å²) < 4.78 is 5.64. The molecule has 0 bridgehead atoms. The summed E-state index contributed by atoms with van der Waals surface area (Å²) in [5.41, 5.74) is 9.74. The van der Waals surface area contributed by atoms with Crippen molar-refractivity contribution in [3.63, 3.8) is 0 Å². The number of benzene rings is 2. The van der Waals surface area contributed by atoms with Crippen LogP contribution < -0.4 is 10.5 Å². The first-order valence-corrected chi connectivity index (χ1v) is 7.83. The van der Waals surface area contributed by atoms with E-state index in [1.807, 2.05) is 49.4 Å². The first kappa shape index (κ1) is 13.8. The third-order valence-corrected chi connectivity index (χ3v) is 4.04. The molecule has 0 saturated heterocycles. The zero-order valence-corrected chi connectivity index (χ0v) is 12.6. The Kier molecular flexibility index (Phi) is 4.01. The van der Waals surface area contributed by atoms with E-state index in [2.05, 4.69) is 9.97 Å². The maximum absolute atomic E-state index is 5.87. The summed E-state index contributed by atoms with van der Waals surface area (Å²) in [6.45, 7) is 2.62. The Morgan fingerprint density at radius 3 is 2.90 bits per heavy atom. The Hall–Kier alpha value is -2.14. The lowest BCUT2D eigenvalue weighted by Crippen LogP contribution is -1.97. The van der Waals surface area contributed by atoms with Gasteiger partial charge in [-0.05, 0) is 37.3 Å². The average molecular weight is 299 g/mol. The Bertz CT molecular complexity index is 721. The lowest BCUT2D eigenvalue weighted by atomic mass is 10.2. The number of hydrogen-bond donors (Lipinski definition) is 2. The van der Waals surface area contributed by atoms with E-state index in [1.165, 1.54) is 0 Å². The maximum Gasteiger partial charge on any atom is 0.166 e. The highest BCUT2D eigenvalue weighted by molar-refractivity contribution is 7.98. The molecule has 5 heteroatoms.